The molecule has 2 heterocycles. The lowest BCUT2D eigenvalue weighted by Crippen LogP contribution is -2.33. The summed E-state index contributed by atoms with van der Waals surface area (Å²) < 4.78 is 2.58. The molecule has 2 aromatic carbocycles. The normalized spacial score (nSPS) is 17.7. The topological polar surface area (TPSA) is 36.9 Å². The lowest BCUT2D eigenvalue weighted by atomic mass is 10.0. The third-order valence-electron chi connectivity index (χ3n) is 5.07. The van der Waals surface area contributed by atoms with Gasteiger partial charge in [-0.1, -0.05) is 66.7 Å². The summed E-state index contributed by atoms with van der Waals surface area (Å²) >= 11 is 5.47. The summed E-state index contributed by atoms with van der Waals surface area (Å²) in [6.45, 7) is 1.87. The summed E-state index contributed by atoms with van der Waals surface area (Å²) in [7, 11) is 0. The summed E-state index contributed by atoms with van der Waals surface area (Å²) in [5.74, 6) is 0.794. The SMILES string of the molecule is S=c1nc(/C=C/c2ccccc2)[nH]n1CN1CCCC1Cc1ccccc1. The van der Waals surface area contributed by atoms with Crippen LogP contribution in [0.4, 0.5) is 0 Å². The van der Waals surface area contributed by atoms with Crippen LogP contribution < -0.4 is 0 Å². The number of H-pyrrole nitrogens is 1. The molecule has 0 spiro atoms. The molecule has 4 nitrogen and oxygen atoms in total. The van der Waals surface area contributed by atoms with Gasteiger partial charge in [-0.3, -0.25) is 10.00 Å². The van der Waals surface area contributed by atoms with E-state index in [-0.39, 0.29) is 0 Å². The summed E-state index contributed by atoms with van der Waals surface area (Å²) in [4.78, 5) is 6.99. The number of likely N-dealkylation sites (tertiary alicyclic amines) is 1. The Labute approximate surface area is 165 Å². The minimum atomic E-state index is 0.556. The van der Waals surface area contributed by atoms with E-state index < -0.39 is 0 Å². The molecule has 27 heavy (non-hydrogen) atoms. The van der Waals surface area contributed by atoms with Gasteiger partial charge in [0.15, 0.2) is 0 Å². The highest BCUT2D eigenvalue weighted by Crippen LogP contribution is 2.21. The molecule has 1 N–H and O–H groups in total. The Bertz CT molecular complexity index is 943. The van der Waals surface area contributed by atoms with Crippen LogP contribution in [0.2, 0.25) is 0 Å². The summed E-state index contributed by atoms with van der Waals surface area (Å²) in [5, 5.41) is 3.34. The molecule has 1 aromatic heterocycles. The molecule has 138 valence electrons. The Morgan fingerprint density at radius 1 is 1.04 bits per heavy atom. The van der Waals surface area contributed by atoms with Crippen LogP contribution in [0.15, 0.2) is 60.7 Å². The van der Waals surface area contributed by atoms with Gasteiger partial charge in [0.1, 0.15) is 5.82 Å². The highest BCUT2D eigenvalue weighted by Gasteiger charge is 2.25. The quantitative estimate of drug-likeness (QED) is 0.629. The Balaban J connectivity index is 1.44. The fourth-order valence-corrected chi connectivity index (χ4v) is 3.87. The lowest BCUT2D eigenvalue weighted by Gasteiger charge is -2.24. The number of hydrogen-bond donors (Lipinski definition) is 1. The predicted molar refractivity (Wildman–Crippen MR) is 113 cm³/mol. The second-order valence-electron chi connectivity index (χ2n) is 7.00. The van der Waals surface area contributed by atoms with Crippen molar-refractivity contribution in [1.82, 2.24) is 19.7 Å². The second-order valence-corrected chi connectivity index (χ2v) is 7.37. The Kier molecular flexibility index (Phi) is 5.61. The van der Waals surface area contributed by atoms with Gasteiger partial charge in [0.25, 0.3) is 0 Å². The fourth-order valence-electron chi connectivity index (χ4n) is 3.66. The third-order valence-corrected chi connectivity index (χ3v) is 5.38. The van der Waals surface area contributed by atoms with E-state index >= 15 is 0 Å². The van der Waals surface area contributed by atoms with E-state index in [0.29, 0.717) is 10.8 Å². The maximum atomic E-state index is 5.47. The molecule has 3 aromatic rings. The smallest absolute Gasteiger partial charge is 0.217 e. The summed E-state index contributed by atoms with van der Waals surface area (Å²) in [5.41, 5.74) is 2.54. The molecule has 5 heteroatoms. The Hall–Kier alpha value is -2.50. The zero-order chi connectivity index (χ0) is 18.5. The van der Waals surface area contributed by atoms with Crippen LogP contribution in [0.25, 0.3) is 12.2 Å². The molecule has 0 saturated carbocycles. The molecular weight excluding hydrogens is 352 g/mol. The van der Waals surface area contributed by atoms with Gasteiger partial charge in [-0.15, -0.1) is 0 Å². The zero-order valence-corrected chi connectivity index (χ0v) is 16.1. The van der Waals surface area contributed by atoms with Gasteiger partial charge in [0.05, 0.1) is 6.67 Å². The Morgan fingerprint density at radius 3 is 2.56 bits per heavy atom. The van der Waals surface area contributed by atoms with Gasteiger partial charge in [0.2, 0.25) is 4.77 Å². The minimum absolute atomic E-state index is 0.556. The van der Waals surface area contributed by atoms with Crippen LogP contribution in [-0.2, 0) is 13.1 Å². The van der Waals surface area contributed by atoms with Gasteiger partial charge >= 0.3 is 0 Å². The maximum Gasteiger partial charge on any atom is 0.217 e. The highest BCUT2D eigenvalue weighted by atomic mass is 32.1. The first-order chi connectivity index (χ1) is 13.3. The van der Waals surface area contributed by atoms with Crippen LogP contribution in [0.3, 0.4) is 0 Å². The largest absolute Gasteiger partial charge is 0.281 e. The van der Waals surface area contributed by atoms with Crippen LogP contribution in [0.5, 0.6) is 0 Å². The van der Waals surface area contributed by atoms with E-state index in [9.17, 15) is 0 Å². The van der Waals surface area contributed by atoms with Gasteiger partial charge < -0.3 is 0 Å². The first kappa shape index (κ1) is 17.9. The second kappa shape index (κ2) is 8.46. The van der Waals surface area contributed by atoms with Gasteiger partial charge in [0, 0.05) is 12.6 Å². The van der Waals surface area contributed by atoms with Crippen molar-refractivity contribution in [2.75, 3.05) is 6.54 Å². The summed E-state index contributed by atoms with van der Waals surface area (Å²) in [6.07, 6.45) is 7.58. The van der Waals surface area contributed by atoms with Crippen molar-refractivity contribution in [2.45, 2.75) is 32.0 Å². The minimum Gasteiger partial charge on any atom is -0.281 e. The lowest BCUT2D eigenvalue weighted by molar-refractivity contribution is 0.188. The van der Waals surface area contributed by atoms with Crippen LogP contribution >= 0.6 is 12.2 Å². The molecule has 1 aliphatic rings. The number of benzene rings is 2. The van der Waals surface area contributed by atoms with Crippen molar-refractivity contribution in [3.8, 4) is 0 Å². The van der Waals surface area contributed by atoms with E-state index in [1.165, 1.54) is 18.4 Å². The average Bonchev–Trinajstić information content (AvgIpc) is 3.28. The van der Waals surface area contributed by atoms with Crippen molar-refractivity contribution >= 4 is 24.4 Å². The fraction of sp³-hybridized carbons (Fsp3) is 0.273. The standard InChI is InChI=1S/C22H24N4S/c27-22-23-21(14-13-18-8-3-1-4-9-18)24-26(22)17-25-15-7-12-20(25)16-19-10-5-2-6-11-19/h1-6,8-11,13-14,20H,7,12,15-17H2,(H,23,24,27)/b14-13+. The molecular formula is C22H24N4S. The first-order valence-corrected chi connectivity index (χ1v) is 9.87. The average molecular weight is 377 g/mol. The van der Waals surface area contributed by atoms with Gasteiger partial charge in [-0.2, -0.15) is 4.98 Å². The van der Waals surface area contributed by atoms with Crippen molar-refractivity contribution in [2.24, 2.45) is 0 Å². The van der Waals surface area contributed by atoms with Crippen molar-refractivity contribution in [1.29, 1.82) is 0 Å². The predicted octanol–water partition coefficient (Wildman–Crippen LogP) is 4.78. The first-order valence-electron chi connectivity index (χ1n) is 9.46. The van der Waals surface area contributed by atoms with E-state index in [4.69, 9.17) is 12.2 Å². The zero-order valence-electron chi connectivity index (χ0n) is 15.3. The van der Waals surface area contributed by atoms with Gasteiger partial charge in [-0.25, -0.2) is 4.68 Å². The van der Waals surface area contributed by atoms with Crippen LogP contribution in [0, 0.1) is 4.77 Å². The highest BCUT2D eigenvalue weighted by molar-refractivity contribution is 7.71. The molecule has 4 rings (SSSR count). The molecule has 0 bridgehead atoms. The molecule has 1 unspecified atom stereocenters. The van der Waals surface area contributed by atoms with E-state index in [1.807, 2.05) is 35.0 Å². The van der Waals surface area contributed by atoms with Crippen molar-refractivity contribution < 1.29 is 0 Å². The number of rotatable bonds is 6. The van der Waals surface area contributed by atoms with Crippen molar-refractivity contribution in [3.05, 3.63) is 82.4 Å². The Morgan fingerprint density at radius 2 is 1.78 bits per heavy atom. The number of hydrogen-bond acceptors (Lipinski definition) is 3. The monoisotopic (exact) mass is 376 g/mol. The number of nitrogens with zero attached hydrogens (tertiary/aromatic N) is 3. The number of nitrogens with one attached hydrogen (secondary N) is 1. The molecule has 0 amide bonds. The molecule has 1 fully saturated rings. The van der Waals surface area contributed by atoms with Gasteiger partial charge in [-0.05, 0) is 48.7 Å². The third kappa shape index (κ3) is 4.62. The van der Waals surface area contributed by atoms with E-state index in [0.717, 1.165) is 31.0 Å². The molecule has 1 aliphatic heterocycles. The number of aromatic amines is 1. The molecule has 0 radical (unpaired) electrons. The maximum absolute atomic E-state index is 5.47. The van der Waals surface area contributed by atoms with Crippen LogP contribution in [0.1, 0.15) is 29.8 Å². The van der Waals surface area contributed by atoms with E-state index in [1.54, 1.807) is 0 Å². The van der Waals surface area contributed by atoms with E-state index in [2.05, 4.69) is 57.4 Å². The van der Waals surface area contributed by atoms with Crippen LogP contribution in [-0.4, -0.2) is 32.3 Å². The van der Waals surface area contributed by atoms with Crippen molar-refractivity contribution in [3.63, 3.8) is 0 Å². The molecule has 1 atom stereocenters. The molecule has 1 saturated heterocycles. The number of aromatic nitrogens is 3. The molecule has 0 aliphatic carbocycles. The summed E-state index contributed by atoms with van der Waals surface area (Å²) in [6, 6.07) is 21.5.